The number of unbranched alkanes of at least 4 members (excludes halogenated alkanes) is 37. The van der Waals surface area contributed by atoms with Crippen LogP contribution in [0.15, 0.2) is 0 Å². The van der Waals surface area contributed by atoms with Gasteiger partial charge in [-0.15, -0.1) is 0 Å². The molecule has 0 rings (SSSR count). The molecule has 0 radical (unpaired) electrons. The minimum Gasteiger partial charge on any atom is -0.462 e. The molecule has 3 N–H and O–H groups in total. The van der Waals surface area contributed by atoms with Crippen molar-refractivity contribution in [3.8, 4) is 0 Å². The predicted molar refractivity (Wildman–Crippen MR) is 386 cm³/mol. The lowest BCUT2D eigenvalue weighted by Crippen LogP contribution is -2.30. The maximum Gasteiger partial charge on any atom is 0.472 e. The van der Waals surface area contributed by atoms with E-state index in [1.807, 2.05) is 0 Å². The molecule has 19 heteroatoms. The van der Waals surface area contributed by atoms with Gasteiger partial charge in [-0.1, -0.05) is 331 Å². The number of rotatable bonds is 73. The van der Waals surface area contributed by atoms with Gasteiger partial charge in [0, 0.05) is 25.7 Å². The lowest BCUT2D eigenvalue weighted by Gasteiger charge is -2.21. The van der Waals surface area contributed by atoms with Gasteiger partial charge in [0.05, 0.1) is 26.4 Å². The largest absolute Gasteiger partial charge is 0.472 e. The van der Waals surface area contributed by atoms with E-state index >= 15 is 0 Å². The first-order valence-electron chi connectivity index (χ1n) is 39.3. The van der Waals surface area contributed by atoms with Crippen LogP contribution >= 0.6 is 15.6 Å². The van der Waals surface area contributed by atoms with Crippen LogP contribution in [0.4, 0.5) is 0 Å². The fraction of sp³-hybridized carbons (Fsp3) is 0.947. The van der Waals surface area contributed by atoms with Crippen LogP contribution in [-0.2, 0) is 65.4 Å². The Morgan fingerprint density at radius 1 is 0.295 bits per heavy atom. The molecule has 0 aromatic heterocycles. The van der Waals surface area contributed by atoms with Crippen molar-refractivity contribution >= 4 is 39.5 Å². The predicted octanol–water partition coefficient (Wildman–Crippen LogP) is 22.0. The highest BCUT2D eigenvalue weighted by atomic mass is 31.2. The molecule has 564 valence electrons. The van der Waals surface area contributed by atoms with Gasteiger partial charge in [-0.2, -0.15) is 0 Å². The monoisotopic (exact) mass is 1400 g/mol. The highest BCUT2D eigenvalue weighted by molar-refractivity contribution is 7.47. The molecule has 0 aliphatic heterocycles. The second-order valence-electron chi connectivity index (χ2n) is 28.8. The Morgan fingerprint density at radius 2 is 0.505 bits per heavy atom. The topological polar surface area (TPSA) is 237 Å². The molecule has 0 aliphatic rings. The number of esters is 4. The maximum atomic E-state index is 13.1. The van der Waals surface area contributed by atoms with Crippen molar-refractivity contribution in [1.29, 1.82) is 0 Å². The van der Waals surface area contributed by atoms with Gasteiger partial charge in [0.2, 0.25) is 0 Å². The van der Waals surface area contributed by atoms with E-state index in [4.69, 9.17) is 37.0 Å². The molecule has 0 bridgehead atoms. The van der Waals surface area contributed by atoms with Crippen LogP contribution in [0.2, 0.25) is 0 Å². The van der Waals surface area contributed by atoms with Gasteiger partial charge in [-0.3, -0.25) is 37.3 Å². The van der Waals surface area contributed by atoms with Crippen LogP contribution in [0.5, 0.6) is 0 Å². The summed E-state index contributed by atoms with van der Waals surface area (Å²) in [5.74, 6) is 0.976. The molecule has 7 atom stereocenters. The molecular formula is C76H148O17P2. The number of phosphoric ester groups is 2. The Labute approximate surface area is 581 Å². The van der Waals surface area contributed by atoms with Gasteiger partial charge in [-0.25, -0.2) is 9.13 Å². The zero-order chi connectivity index (χ0) is 70.3. The smallest absolute Gasteiger partial charge is 0.462 e. The molecule has 0 amide bonds. The Bertz CT molecular complexity index is 1870. The summed E-state index contributed by atoms with van der Waals surface area (Å²) >= 11 is 0. The van der Waals surface area contributed by atoms with E-state index in [1.165, 1.54) is 180 Å². The standard InChI is InChI=1S/C76H148O17P2/c1-9-68(7)54-46-38-30-24-18-13-11-12-14-19-25-32-42-50-58-75(80)92-71(62-86-73(78)56-48-40-31-27-21-23-29-37-45-53-67(5)6)64-90-94(82,83)88-60-70(77)61-89-95(84,85)91-65-72(63-87-74(79)57-49-41-35-34-39-47-55-69(8)10-2)93-76(81)59-51-43-33-26-20-16-15-17-22-28-36-44-52-66(3)4/h66-72,77H,9-65H2,1-8H3,(H,82,83)(H,84,85)/t68?,69?,70-,71-,72-/m1/s1. The first-order valence-corrected chi connectivity index (χ1v) is 42.3. The summed E-state index contributed by atoms with van der Waals surface area (Å²) in [5, 5.41) is 10.6. The Hall–Kier alpha value is -1.94. The summed E-state index contributed by atoms with van der Waals surface area (Å²) in [7, 11) is -9.91. The van der Waals surface area contributed by atoms with E-state index in [1.54, 1.807) is 0 Å². The summed E-state index contributed by atoms with van der Waals surface area (Å²) in [6.45, 7) is 14.2. The molecule has 0 heterocycles. The SMILES string of the molecule is CCC(C)CCCCCCCCCCCCCCCCC(=O)O[C@H](COC(=O)CCCCCCCCCCCC(C)C)COP(=O)(O)OC[C@@H](O)COP(=O)(O)OC[C@@H](COC(=O)CCCCCCCCC(C)CC)OC(=O)CCCCCCCCCCCCCCC(C)C. The van der Waals surface area contributed by atoms with Gasteiger partial charge < -0.3 is 33.8 Å². The average molecular weight is 1400 g/mol. The van der Waals surface area contributed by atoms with Crippen LogP contribution in [0.3, 0.4) is 0 Å². The van der Waals surface area contributed by atoms with Crippen molar-refractivity contribution in [2.45, 2.75) is 401 Å². The Balaban J connectivity index is 5.25. The van der Waals surface area contributed by atoms with Crippen LogP contribution in [0.1, 0.15) is 383 Å². The van der Waals surface area contributed by atoms with Crippen molar-refractivity contribution in [2.24, 2.45) is 23.7 Å². The Morgan fingerprint density at radius 3 is 0.747 bits per heavy atom. The molecule has 0 fully saturated rings. The number of carbonyl (C=O) groups excluding carboxylic acids is 4. The molecule has 0 saturated heterocycles. The van der Waals surface area contributed by atoms with Crippen molar-refractivity contribution in [3.63, 3.8) is 0 Å². The summed E-state index contributed by atoms with van der Waals surface area (Å²) < 4.78 is 68.5. The lowest BCUT2D eigenvalue weighted by molar-refractivity contribution is -0.161. The van der Waals surface area contributed by atoms with Crippen molar-refractivity contribution < 1.29 is 80.2 Å². The fourth-order valence-corrected chi connectivity index (χ4v) is 13.1. The zero-order valence-electron chi connectivity index (χ0n) is 62.3. The molecule has 17 nitrogen and oxygen atoms in total. The molecule has 4 unspecified atom stereocenters. The van der Waals surface area contributed by atoms with Gasteiger partial charge in [0.1, 0.15) is 19.3 Å². The summed E-state index contributed by atoms with van der Waals surface area (Å²) in [4.78, 5) is 72.8. The molecule has 95 heavy (non-hydrogen) atoms. The third-order valence-electron chi connectivity index (χ3n) is 18.3. The molecule has 0 saturated carbocycles. The van der Waals surface area contributed by atoms with Gasteiger partial charge in [0.15, 0.2) is 12.2 Å². The number of aliphatic hydroxyl groups is 1. The van der Waals surface area contributed by atoms with Gasteiger partial charge in [0.25, 0.3) is 0 Å². The molecular weight excluding hydrogens is 1250 g/mol. The number of ether oxygens (including phenoxy) is 4. The second-order valence-corrected chi connectivity index (χ2v) is 31.7. The molecule has 0 spiro atoms. The van der Waals surface area contributed by atoms with Gasteiger partial charge in [-0.05, 0) is 49.4 Å². The van der Waals surface area contributed by atoms with E-state index in [2.05, 4.69) is 55.4 Å². The Kier molecular flexibility index (Phi) is 64.0. The third kappa shape index (κ3) is 67.6. The first kappa shape index (κ1) is 93.1. The third-order valence-corrected chi connectivity index (χ3v) is 20.2. The molecule has 0 aromatic carbocycles. The average Bonchev–Trinajstić information content (AvgIpc) is 1.83. The van der Waals surface area contributed by atoms with E-state index in [-0.39, 0.29) is 25.7 Å². The lowest BCUT2D eigenvalue weighted by atomic mass is 9.99. The number of hydrogen-bond acceptors (Lipinski definition) is 15. The first-order chi connectivity index (χ1) is 45.7. The van der Waals surface area contributed by atoms with E-state index in [9.17, 15) is 43.2 Å². The van der Waals surface area contributed by atoms with Crippen LogP contribution in [0, 0.1) is 23.7 Å². The number of carbonyl (C=O) groups is 4. The van der Waals surface area contributed by atoms with Crippen molar-refractivity contribution in [3.05, 3.63) is 0 Å². The maximum absolute atomic E-state index is 13.1. The van der Waals surface area contributed by atoms with Crippen molar-refractivity contribution in [1.82, 2.24) is 0 Å². The summed E-state index contributed by atoms with van der Waals surface area (Å²) in [6.07, 6.45) is 49.9. The molecule has 0 aliphatic carbocycles. The highest BCUT2D eigenvalue weighted by Gasteiger charge is 2.30. The summed E-state index contributed by atoms with van der Waals surface area (Å²) in [5.41, 5.74) is 0. The number of hydrogen-bond donors (Lipinski definition) is 3. The van der Waals surface area contributed by atoms with E-state index < -0.39 is 97.5 Å². The van der Waals surface area contributed by atoms with E-state index in [0.717, 1.165) is 120 Å². The van der Waals surface area contributed by atoms with Crippen LogP contribution in [-0.4, -0.2) is 96.7 Å². The molecule has 0 aromatic rings. The van der Waals surface area contributed by atoms with Crippen LogP contribution < -0.4 is 0 Å². The number of aliphatic hydroxyl groups excluding tert-OH is 1. The number of phosphoric acid groups is 2. The van der Waals surface area contributed by atoms with E-state index in [0.29, 0.717) is 25.7 Å². The zero-order valence-corrected chi connectivity index (χ0v) is 64.1. The summed E-state index contributed by atoms with van der Waals surface area (Å²) in [6, 6.07) is 0. The van der Waals surface area contributed by atoms with Crippen molar-refractivity contribution in [2.75, 3.05) is 39.6 Å². The normalized spacial score (nSPS) is 14.7. The fourth-order valence-electron chi connectivity index (χ4n) is 11.5. The minimum absolute atomic E-state index is 0.106. The van der Waals surface area contributed by atoms with Crippen LogP contribution in [0.25, 0.3) is 0 Å². The second kappa shape index (κ2) is 65.4. The minimum atomic E-state index is -4.96. The van der Waals surface area contributed by atoms with Gasteiger partial charge >= 0.3 is 39.5 Å². The highest BCUT2D eigenvalue weighted by Crippen LogP contribution is 2.45. The quantitative estimate of drug-likeness (QED) is 0.0222.